The summed E-state index contributed by atoms with van der Waals surface area (Å²) in [5.74, 6) is 0. The molecule has 0 aromatic heterocycles. The zero-order valence-corrected chi connectivity index (χ0v) is 19.0. The number of nitrogens with zero attached hydrogens (tertiary/aromatic N) is 1. The van der Waals surface area contributed by atoms with Gasteiger partial charge in [-0.1, -0.05) is 6.92 Å². The summed E-state index contributed by atoms with van der Waals surface area (Å²) in [4.78, 5) is 18.4. The molecule has 0 aliphatic rings. The van der Waals surface area contributed by atoms with Gasteiger partial charge in [-0.05, 0) is 48.0 Å². The van der Waals surface area contributed by atoms with E-state index in [1.165, 1.54) is 7.11 Å². The summed E-state index contributed by atoms with van der Waals surface area (Å²) in [5, 5.41) is 1.13. The third-order valence-corrected chi connectivity index (χ3v) is 7.07. The minimum atomic E-state index is -3.28. The van der Waals surface area contributed by atoms with Gasteiger partial charge >= 0.3 is 14.9 Å². The molecule has 0 radical (unpaired) electrons. The van der Waals surface area contributed by atoms with Crippen LogP contribution in [0, 0.1) is 0 Å². The van der Waals surface area contributed by atoms with Crippen LogP contribution in [0.5, 0.6) is 0 Å². The highest BCUT2D eigenvalue weighted by Crippen LogP contribution is 2.25. The second kappa shape index (κ2) is 14.3. The molecule has 27 heavy (non-hydrogen) atoms. The third kappa shape index (κ3) is 8.42. The lowest BCUT2D eigenvalue weighted by molar-refractivity contribution is -0.303. The van der Waals surface area contributed by atoms with E-state index in [-0.39, 0.29) is 6.61 Å². The molecule has 0 aliphatic carbocycles. The molecular weight excluding hydrogens is 374 g/mol. The molecule has 0 heterocycles. The summed E-state index contributed by atoms with van der Waals surface area (Å²) in [7, 11) is -1.76. The smallest absolute Gasteiger partial charge is 0.448 e. The fraction of sp³-hybridized carbons (Fsp3) is 0.941. The number of carbonyl (C=O) groups excluding carboxylic acids is 1. The Labute approximate surface area is 164 Å². The van der Waals surface area contributed by atoms with Crippen molar-refractivity contribution in [2.24, 2.45) is 0 Å². The van der Waals surface area contributed by atoms with Gasteiger partial charge in [0.2, 0.25) is 0 Å². The lowest BCUT2D eigenvalue weighted by atomic mass is 10.5. The van der Waals surface area contributed by atoms with Crippen LogP contribution in [0.15, 0.2) is 0 Å². The third-order valence-electron chi connectivity index (χ3n) is 3.54. The predicted molar refractivity (Wildman–Crippen MR) is 102 cm³/mol. The van der Waals surface area contributed by atoms with Crippen LogP contribution in [-0.4, -0.2) is 71.7 Å². The highest BCUT2D eigenvalue weighted by molar-refractivity contribution is 6.62. The zero-order chi connectivity index (χ0) is 20.9. The molecule has 3 unspecified atom stereocenters. The van der Waals surface area contributed by atoms with Gasteiger partial charge in [0.1, 0.15) is 5.67 Å². The molecule has 0 N–H and O–H groups in total. The van der Waals surface area contributed by atoms with Gasteiger partial charge in [-0.25, -0.2) is 9.63 Å². The second-order valence-corrected chi connectivity index (χ2v) is 8.20. The molecule has 0 bridgehead atoms. The summed E-state index contributed by atoms with van der Waals surface area (Å²) in [6.07, 6.45) is -1.44. The summed E-state index contributed by atoms with van der Waals surface area (Å²) in [6, 6.07) is 0. The number of methoxy groups -OCH3 is 1. The van der Waals surface area contributed by atoms with Crippen LogP contribution in [0.1, 0.15) is 54.9 Å². The zero-order valence-electron chi connectivity index (χ0n) is 18.0. The molecule has 10 heteroatoms. The molecule has 0 saturated heterocycles. The van der Waals surface area contributed by atoms with Crippen LogP contribution in [0.4, 0.5) is 4.79 Å². The number of amides is 1. The summed E-state index contributed by atoms with van der Waals surface area (Å²) in [6.45, 7) is 13.9. The Hall–Kier alpha value is -0.753. The molecule has 0 aromatic carbocycles. The van der Waals surface area contributed by atoms with Crippen LogP contribution in [0.25, 0.3) is 0 Å². The van der Waals surface area contributed by atoms with E-state index < -0.39 is 33.1 Å². The molecular formula is C17H37NO8Si. The Morgan fingerprint density at radius 1 is 0.889 bits per heavy atom. The number of ether oxygens (including phenoxy) is 3. The first kappa shape index (κ1) is 26.2. The molecule has 9 nitrogen and oxygen atoms in total. The molecule has 3 atom stereocenters. The van der Waals surface area contributed by atoms with E-state index in [2.05, 4.69) is 0 Å². The van der Waals surface area contributed by atoms with Gasteiger partial charge in [0.15, 0.2) is 12.6 Å². The minimum Gasteiger partial charge on any atom is -0.448 e. The second-order valence-electron chi connectivity index (χ2n) is 5.46. The Bertz CT molecular complexity index is 384. The van der Waals surface area contributed by atoms with E-state index in [9.17, 15) is 4.79 Å². The molecule has 1 amide bonds. The van der Waals surface area contributed by atoms with E-state index in [0.717, 1.165) is 5.06 Å². The van der Waals surface area contributed by atoms with Crippen molar-refractivity contribution in [2.75, 3.05) is 33.5 Å². The highest BCUT2D eigenvalue weighted by Gasteiger charge is 2.54. The van der Waals surface area contributed by atoms with Crippen molar-refractivity contribution >= 4 is 14.9 Å². The van der Waals surface area contributed by atoms with Crippen LogP contribution in [-0.2, 0) is 32.3 Å². The average Bonchev–Trinajstić information content (AvgIpc) is 2.62. The number of hydrogen-bond acceptors (Lipinski definition) is 8. The van der Waals surface area contributed by atoms with Gasteiger partial charge in [0.05, 0.1) is 6.61 Å². The Kier molecular flexibility index (Phi) is 13.9. The maximum atomic E-state index is 12.6. The standard InChI is InChI=1S/C17H37NO8Si/c1-9-16(27(22-11-3,23-12-4)24-13-5)18(17(19)21-10-2)26-15(7)25-14(6)20-8/h14-16H,9-13H2,1-8H3. The number of hydroxylamine groups is 2. The lowest BCUT2D eigenvalue weighted by Crippen LogP contribution is -2.64. The van der Waals surface area contributed by atoms with Gasteiger partial charge in [0.25, 0.3) is 0 Å². The van der Waals surface area contributed by atoms with Gasteiger partial charge in [-0.15, -0.1) is 0 Å². The van der Waals surface area contributed by atoms with Crippen molar-refractivity contribution in [2.45, 2.75) is 73.1 Å². The van der Waals surface area contributed by atoms with E-state index in [1.54, 1.807) is 20.8 Å². The van der Waals surface area contributed by atoms with Crippen LogP contribution in [0.3, 0.4) is 0 Å². The predicted octanol–water partition coefficient (Wildman–Crippen LogP) is 3.10. The van der Waals surface area contributed by atoms with Gasteiger partial charge in [-0.2, -0.15) is 5.06 Å². The van der Waals surface area contributed by atoms with Crippen molar-refractivity contribution in [1.29, 1.82) is 0 Å². The fourth-order valence-electron chi connectivity index (χ4n) is 2.52. The number of hydrogen-bond donors (Lipinski definition) is 0. The quantitative estimate of drug-likeness (QED) is 0.231. The Balaban J connectivity index is 5.77. The maximum Gasteiger partial charge on any atom is 0.527 e. The molecule has 162 valence electrons. The fourth-order valence-corrected chi connectivity index (χ4v) is 5.51. The van der Waals surface area contributed by atoms with E-state index in [0.29, 0.717) is 26.2 Å². The van der Waals surface area contributed by atoms with Crippen LogP contribution in [0.2, 0.25) is 0 Å². The first-order valence-electron chi connectivity index (χ1n) is 9.58. The molecule has 0 aromatic rings. The van der Waals surface area contributed by atoms with Crippen LogP contribution >= 0.6 is 0 Å². The highest BCUT2D eigenvalue weighted by atomic mass is 28.4. The number of rotatable bonds is 15. The van der Waals surface area contributed by atoms with Gasteiger partial charge in [-0.3, -0.25) is 0 Å². The van der Waals surface area contributed by atoms with Crippen molar-refractivity contribution in [3.05, 3.63) is 0 Å². The molecule has 0 rings (SSSR count). The Morgan fingerprint density at radius 2 is 1.41 bits per heavy atom. The Morgan fingerprint density at radius 3 is 1.78 bits per heavy atom. The van der Waals surface area contributed by atoms with Crippen molar-refractivity contribution in [1.82, 2.24) is 5.06 Å². The monoisotopic (exact) mass is 411 g/mol. The first-order chi connectivity index (χ1) is 12.8. The van der Waals surface area contributed by atoms with Crippen molar-refractivity contribution in [3.63, 3.8) is 0 Å². The SMILES string of the molecule is CCOC(=O)N(OC(C)OC(C)OC)C(CC)[Si](OCC)(OCC)OCC. The van der Waals surface area contributed by atoms with Crippen molar-refractivity contribution in [3.8, 4) is 0 Å². The molecule has 0 spiro atoms. The average molecular weight is 412 g/mol. The lowest BCUT2D eigenvalue weighted by Gasteiger charge is -2.40. The minimum absolute atomic E-state index is 0.200. The van der Waals surface area contributed by atoms with Gasteiger partial charge in [0, 0.05) is 26.9 Å². The normalized spacial score (nSPS) is 15.3. The van der Waals surface area contributed by atoms with Gasteiger partial charge < -0.3 is 27.5 Å². The van der Waals surface area contributed by atoms with E-state index in [4.69, 9.17) is 32.3 Å². The largest absolute Gasteiger partial charge is 0.527 e. The van der Waals surface area contributed by atoms with E-state index >= 15 is 0 Å². The first-order valence-corrected chi connectivity index (χ1v) is 11.4. The summed E-state index contributed by atoms with van der Waals surface area (Å²) < 4.78 is 33.7. The summed E-state index contributed by atoms with van der Waals surface area (Å²) >= 11 is 0. The summed E-state index contributed by atoms with van der Waals surface area (Å²) in [5.41, 5.74) is -0.597. The molecule has 0 fully saturated rings. The maximum absolute atomic E-state index is 12.6. The number of carbonyl (C=O) groups is 1. The van der Waals surface area contributed by atoms with Crippen LogP contribution < -0.4 is 0 Å². The molecule has 0 aliphatic heterocycles. The van der Waals surface area contributed by atoms with Crippen molar-refractivity contribution < 1.29 is 37.1 Å². The van der Waals surface area contributed by atoms with E-state index in [1.807, 2.05) is 27.7 Å². The topological polar surface area (TPSA) is 84.9 Å². The molecule has 0 saturated carbocycles.